The molecule has 1 saturated carbocycles. The molecule has 106 valence electrons. The van der Waals surface area contributed by atoms with E-state index in [-0.39, 0.29) is 0 Å². The number of benzene rings is 1. The molecule has 1 nitrogen and oxygen atoms in total. The molecule has 0 atom stereocenters. The molecule has 0 aliphatic heterocycles. The van der Waals surface area contributed by atoms with Crippen molar-refractivity contribution in [1.82, 2.24) is 5.32 Å². The van der Waals surface area contributed by atoms with E-state index in [4.69, 9.17) is 0 Å². The van der Waals surface area contributed by atoms with E-state index >= 15 is 0 Å². The standard InChI is InChI=1S/C18H23NS/c1-2-7-11-17(10-6-1)19-13-18-12-16(14-20-18)15-8-4-3-5-9-15/h3-5,8-9,12,14,17,19H,1-2,6-7,10-11,13H2. The average molecular weight is 285 g/mol. The molecule has 20 heavy (non-hydrogen) atoms. The minimum Gasteiger partial charge on any atom is -0.309 e. The monoisotopic (exact) mass is 285 g/mol. The molecule has 1 aliphatic carbocycles. The molecule has 3 rings (SSSR count). The maximum Gasteiger partial charge on any atom is 0.0302 e. The molecule has 0 bridgehead atoms. The van der Waals surface area contributed by atoms with E-state index in [1.807, 2.05) is 11.3 Å². The topological polar surface area (TPSA) is 12.0 Å². The number of nitrogens with one attached hydrogen (secondary N) is 1. The van der Waals surface area contributed by atoms with Crippen molar-refractivity contribution in [3.8, 4) is 11.1 Å². The summed E-state index contributed by atoms with van der Waals surface area (Å²) in [5.74, 6) is 0. The zero-order valence-electron chi connectivity index (χ0n) is 12.0. The Balaban J connectivity index is 1.57. The van der Waals surface area contributed by atoms with Gasteiger partial charge in [0.25, 0.3) is 0 Å². The van der Waals surface area contributed by atoms with Crippen molar-refractivity contribution in [2.75, 3.05) is 0 Å². The van der Waals surface area contributed by atoms with Crippen molar-refractivity contribution in [3.05, 3.63) is 46.7 Å². The van der Waals surface area contributed by atoms with Crippen molar-refractivity contribution in [1.29, 1.82) is 0 Å². The van der Waals surface area contributed by atoms with Gasteiger partial charge in [0.2, 0.25) is 0 Å². The van der Waals surface area contributed by atoms with Crippen LogP contribution < -0.4 is 5.32 Å². The van der Waals surface area contributed by atoms with Gasteiger partial charge in [-0.3, -0.25) is 0 Å². The highest BCUT2D eigenvalue weighted by atomic mass is 32.1. The van der Waals surface area contributed by atoms with Gasteiger partial charge in [0, 0.05) is 17.5 Å². The third-order valence-electron chi connectivity index (χ3n) is 4.18. The van der Waals surface area contributed by atoms with Crippen molar-refractivity contribution in [3.63, 3.8) is 0 Å². The second-order valence-electron chi connectivity index (χ2n) is 5.74. The van der Waals surface area contributed by atoms with Gasteiger partial charge >= 0.3 is 0 Å². The van der Waals surface area contributed by atoms with Gasteiger partial charge in [0.15, 0.2) is 0 Å². The third kappa shape index (κ3) is 3.71. The highest BCUT2D eigenvalue weighted by molar-refractivity contribution is 7.10. The van der Waals surface area contributed by atoms with E-state index in [1.165, 1.54) is 54.5 Å². The minimum atomic E-state index is 0.736. The van der Waals surface area contributed by atoms with E-state index in [0.29, 0.717) is 0 Å². The van der Waals surface area contributed by atoms with Crippen LogP contribution in [-0.4, -0.2) is 6.04 Å². The second-order valence-corrected chi connectivity index (χ2v) is 6.73. The van der Waals surface area contributed by atoms with Crippen LogP contribution in [0.15, 0.2) is 41.8 Å². The van der Waals surface area contributed by atoms with Crippen LogP contribution in [0, 0.1) is 0 Å². The largest absolute Gasteiger partial charge is 0.309 e. The summed E-state index contributed by atoms with van der Waals surface area (Å²) in [5.41, 5.74) is 2.68. The summed E-state index contributed by atoms with van der Waals surface area (Å²) in [7, 11) is 0. The molecule has 2 heteroatoms. The van der Waals surface area contributed by atoms with Crippen LogP contribution in [-0.2, 0) is 6.54 Å². The van der Waals surface area contributed by atoms with Crippen LogP contribution in [0.25, 0.3) is 11.1 Å². The summed E-state index contributed by atoms with van der Waals surface area (Å²) in [6.07, 6.45) is 8.37. The maximum atomic E-state index is 3.75. The van der Waals surface area contributed by atoms with E-state index in [1.54, 1.807) is 0 Å². The first-order valence-electron chi connectivity index (χ1n) is 7.78. The van der Waals surface area contributed by atoms with Crippen molar-refractivity contribution in [2.45, 2.75) is 51.1 Å². The lowest BCUT2D eigenvalue weighted by Gasteiger charge is -2.15. The van der Waals surface area contributed by atoms with E-state index in [9.17, 15) is 0 Å². The molecule has 0 saturated heterocycles. The Bertz CT molecular complexity index is 509. The van der Waals surface area contributed by atoms with Gasteiger partial charge in [-0.05, 0) is 35.4 Å². The Kier molecular flexibility index (Phi) is 4.88. The quantitative estimate of drug-likeness (QED) is 0.759. The lowest BCUT2D eigenvalue weighted by molar-refractivity contribution is 0.461. The van der Waals surface area contributed by atoms with Gasteiger partial charge in [-0.25, -0.2) is 0 Å². The van der Waals surface area contributed by atoms with E-state index in [0.717, 1.165) is 12.6 Å². The average Bonchev–Trinajstić information content (AvgIpc) is 2.82. The highest BCUT2D eigenvalue weighted by Gasteiger charge is 2.11. The Labute approximate surface area is 126 Å². The summed E-state index contributed by atoms with van der Waals surface area (Å²) in [4.78, 5) is 1.45. The molecule has 1 aromatic heterocycles. The third-order valence-corrected chi connectivity index (χ3v) is 5.12. The van der Waals surface area contributed by atoms with Crippen molar-refractivity contribution >= 4 is 11.3 Å². The molecular weight excluding hydrogens is 262 g/mol. The molecule has 0 radical (unpaired) electrons. The zero-order chi connectivity index (χ0) is 13.6. The lowest BCUT2D eigenvalue weighted by atomic mass is 10.1. The van der Waals surface area contributed by atoms with Gasteiger partial charge in [0.05, 0.1) is 0 Å². The Morgan fingerprint density at radius 1 is 0.950 bits per heavy atom. The maximum absolute atomic E-state index is 3.75. The summed E-state index contributed by atoms with van der Waals surface area (Å²) in [6.45, 7) is 1.03. The molecule has 1 N–H and O–H groups in total. The van der Waals surface area contributed by atoms with Crippen LogP contribution >= 0.6 is 11.3 Å². The molecule has 0 unspecified atom stereocenters. The first kappa shape index (κ1) is 13.8. The molecule has 1 fully saturated rings. The van der Waals surface area contributed by atoms with Gasteiger partial charge in [-0.2, -0.15) is 0 Å². The fourth-order valence-electron chi connectivity index (χ4n) is 2.98. The Morgan fingerprint density at radius 2 is 1.70 bits per heavy atom. The second kappa shape index (κ2) is 7.05. The first-order chi connectivity index (χ1) is 9.92. The molecule has 0 spiro atoms. The van der Waals surface area contributed by atoms with Gasteiger partial charge < -0.3 is 5.32 Å². The fraction of sp³-hybridized carbons (Fsp3) is 0.444. The Morgan fingerprint density at radius 3 is 2.45 bits per heavy atom. The molecule has 1 aliphatic rings. The fourth-order valence-corrected chi connectivity index (χ4v) is 3.83. The molecule has 1 heterocycles. The smallest absolute Gasteiger partial charge is 0.0302 e. The number of hydrogen-bond acceptors (Lipinski definition) is 2. The predicted molar refractivity (Wildman–Crippen MR) is 88.1 cm³/mol. The number of rotatable bonds is 4. The SMILES string of the molecule is c1ccc(-c2csc(CNC3CCCCCC3)c2)cc1. The van der Waals surface area contributed by atoms with Crippen molar-refractivity contribution < 1.29 is 0 Å². The summed E-state index contributed by atoms with van der Waals surface area (Å²) in [6, 6.07) is 13.7. The summed E-state index contributed by atoms with van der Waals surface area (Å²) >= 11 is 1.88. The first-order valence-corrected chi connectivity index (χ1v) is 8.66. The van der Waals surface area contributed by atoms with Crippen LogP contribution in [0.4, 0.5) is 0 Å². The molecule has 0 amide bonds. The van der Waals surface area contributed by atoms with Gasteiger partial charge in [-0.1, -0.05) is 56.0 Å². The summed E-state index contributed by atoms with van der Waals surface area (Å²) in [5, 5.41) is 6.03. The predicted octanol–water partition coefficient (Wildman–Crippen LogP) is 5.23. The number of hydrogen-bond donors (Lipinski definition) is 1. The van der Waals surface area contributed by atoms with Gasteiger partial charge in [0.1, 0.15) is 0 Å². The lowest BCUT2D eigenvalue weighted by Crippen LogP contribution is -2.27. The van der Waals surface area contributed by atoms with Crippen LogP contribution in [0.2, 0.25) is 0 Å². The normalized spacial score (nSPS) is 17.0. The van der Waals surface area contributed by atoms with Gasteiger partial charge in [-0.15, -0.1) is 11.3 Å². The Hall–Kier alpha value is -1.12. The molecule has 1 aromatic carbocycles. The zero-order valence-corrected chi connectivity index (χ0v) is 12.8. The van der Waals surface area contributed by atoms with Crippen molar-refractivity contribution in [2.24, 2.45) is 0 Å². The summed E-state index contributed by atoms with van der Waals surface area (Å²) < 4.78 is 0. The minimum absolute atomic E-state index is 0.736. The molecule has 2 aromatic rings. The molecular formula is C18H23NS. The highest BCUT2D eigenvalue weighted by Crippen LogP contribution is 2.26. The van der Waals surface area contributed by atoms with Crippen LogP contribution in [0.5, 0.6) is 0 Å². The van der Waals surface area contributed by atoms with E-state index < -0.39 is 0 Å². The van der Waals surface area contributed by atoms with Crippen LogP contribution in [0.3, 0.4) is 0 Å². The van der Waals surface area contributed by atoms with E-state index in [2.05, 4.69) is 47.1 Å². The number of thiophene rings is 1. The van der Waals surface area contributed by atoms with Crippen LogP contribution in [0.1, 0.15) is 43.4 Å².